The molecule has 0 spiro atoms. The number of nitrogens with two attached hydrogens (primary N) is 2. The minimum absolute atomic E-state index is 0.0402. The van der Waals surface area contributed by atoms with E-state index >= 15 is 0 Å². The molecule has 1 aromatic rings. The average molecular weight is 425 g/mol. The molecule has 0 aromatic heterocycles. The lowest BCUT2D eigenvalue weighted by Gasteiger charge is -2.38. The second-order valence-electron chi connectivity index (χ2n) is 8.69. The van der Waals surface area contributed by atoms with E-state index in [9.17, 15) is 19.6 Å². The second kappa shape index (κ2) is 8.29. The molecule has 0 radical (unpaired) electrons. The van der Waals surface area contributed by atoms with Crippen molar-refractivity contribution in [1.29, 1.82) is 5.26 Å². The molecule has 3 amide bonds. The summed E-state index contributed by atoms with van der Waals surface area (Å²) in [6.45, 7) is 3.53. The normalized spacial score (nSPS) is 27.4. The highest BCUT2D eigenvalue weighted by Crippen LogP contribution is 2.38. The van der Waals surface area contributed by atoms with Crippen molar-refractivity contribution >= 4 is 17.7 Å². The van der Waals surface area contributed by atoms with Gasteiger partial charge in [0.1, 0.15) is 6.04 Å². The number of rotatable bonds is 6. The molecule has 2 bridgehead atoms. The van der Waals surface area contributed by atoms with Crippen molar-refractivity contribution in [2.45, 2.75) is 56.4 Å². The van der Waals surface area contributed by atoms with Crippen molar-refractivity contribution in [2.75, 3.05) is 19.6 Å². The van der Waals surface area contributed by atoms with Crippen LogP contribution in [0, 0.1) is 11.3 Å². The van der Waals surface area contributed by atoms with Crippen LogP contribution in [-0.4, -0.2) is 76.2 Å². The molecule has 3 saturated heterocycles. The van der Waals surface area contributed by atoms with Gasteiger partial charge in [0.25, 0.3) is 0 Å². The van der Waals surface area contributed by atoms with Gasteiger partial charge in [0.05, 0.1) is 24.2 Å². The monoisotopic (exact) mass is 424 g/mol. The number of carbonyl (C=O) groups is 3. The molecular formula is C22H28N6O3. The second-order valence-corrected chi connectivity index (χ2v) is 8.69. The third kappa shape index (κ3) is 3.77. The molecular weight excluding hydrogens is 396 g/mol. The van der Waals surface area contributed by atoms with E-state index < -0.39 is 18.0 Å². The molecule has 4 N–H and O–H groups in total. The fourth-order valence-electron chi connectivity index (χ4n) is 5.19. The van der Waals surface area contributed by atoms with Crippen molar-refractivity contribution in [3.8, 4) is 6.07 Å². The molecule has 3 heterocycles. The van der Waals surface area contributed by atoms with Crippen LogP contribution in [-0.2, 0) is 9.59 Å². The predicted octanol–water partition coefficient (Wildman–Crippen LogP) is -0.0265. The fourth-order valence-corrected chi connectivity index (χ4v) is 5.19. The van der Waals surface area contributed by atoms with Gasteiger partial charge < -0.3 is 21.3 Å². The number of nitrogens with zero attached hydrogens (tertiary/aromatic N) is 4. The summed E-state index contributed by atoms with van der Waals surface area (Å²) in [6.07, 6.45) is 2.22. The zero-order chi connectivity index (χ0) is 22.3. The topological polar surface area (TPSA) is 137 Å². The lowest BCUT2D eigenvalue weighted by molar-refractivity contribution is -0.140. The van der Waals surface area contributed by atoms with Crippen LogP contribution < -0.4 is 11.5 Å². The first kappa shape index (κ1) is 21.3. The average Bonchev–Trinajstić information content (AvgIpc) is 3.47. The number of piperazine rings is 1. The molecule has 5 atom stereocenters. The third-order valence-corrected chi connectivity index (χ3v) is 6.84. The molecule has 31 heavy (non-hydrogen) atoms. The van der Waals surface area contributed by atoms with E-state index in [0.717, 1.165) is 12.0 Å². The van der Waals surface area contributed by atoms with E-state index in [1.54, 1.807) is 17.0 Å². The Morgan fingerprint density at radius 1 is 1.29 bits per heavy atom. The predicted molar refractivity (Wildman–Crippen MR) is 112 cm³/mol. The van der Waals surface area contributed by atoms with Gasteiger partial charge in [0.2, 0.25) is 17.7 Å². The summed E-state index contributed by atoms with van der Waals surface area (Å²) in [5.41, 5.74) is 12.9. The van der Waals surface area contributed by atoms with E-state index in [2.05, 4.69) is 6.07 Å². The Balaban J connectivity index is 1.39. The Kier molecular flexibility index (Phi) is 5.69. The van der Waals surface area contributed by atoms with Crippen molar-refractivity contribution in [1.82, 2.24) is 14.7 Å². The van der Waals surface area contributed by atoms with Crippen molar-refractivity contribution < 1.29 is 14.4 Å². The SMILES string of the molecule is C[C@@H](c1ccc(C(N)=O)cc1)N1C(=O)[C@H]2C[C@@H]1CN2C[C@H](N)C(=O)N1CCC[C@H]1C#N. The van der Waals surface area contributed by atoms with Crippen LogP contribution in [0.15, 0.2) is 24.3 Å². The fraction of sp³-hybridized carbons (Fsp3) is 0.545. The minimum Gasteiger partial charge on any atom is -0.366 e. The molecule has 0 aliphatic carbocycles. The Labute approximate surface area is 181 Å². The van der Waals surface area contributed by atoms with E-state index in [1.807, 2.05) is 28.9 Å². The van der Waals surface area contributed by atoms with Gasteiger partial charge in [-0.2, -0.15) is 5.26 Å². The van der Waals surface area contributed by atoms with Crippen molar-refractivity contribution in [3.05, 3.63) is 35.4 Å². The van der Waals surface area contributed by atoms with E-state index in [-0.39, 0.29) is 29.9 Å². The van der Waals surface area contributed by atoms with Crippen LogP contribution in [0.25, 0.3) is 0 Å². The summed E-state index contributed by atoms with van der Waals surface area (Å²) in [5.74, 6) is -0.649. The minimum atomic E-state index is -0.742. The standard InChI is InChI=1S/C22H28N6O3/c1-13(14-4-6-15(7-5-14)20(25)29)28-17-9-19(22(28)31)26(11-17)12-18(24)21(30)27-8-2-3-16(27)10-23/h4-7,13,16-19H,2-3,8-9,11-12,24H2,1H3,(H2,25,29)/t13-,16-,17+,18-,19+/m0/s1. The van der Waals surface area contributed by atoms with Gasteiger partial charge in [-0.25, -0.2) is 0 Å². The first-order chi connectivity index (χ1) is 14.8. The molecule has 3 aliphatic rings. The Bertz CT molecular complexity index is 926. The summed E-state index contributed by atoms with van der Waals surface area (Å²) in [4.78, 5) is 42.6. The maximum absolute atomic E-state index is 13.1. The maximum Gasteiger partial charge on any atom is 0.248 e. The molecule has 4 rings (SSSR count). The lowest BCUT2D eigenvalue weighted by Crippen LogP contribution is -2.56. The van der Waals surface area contributed by atoms with Gasteiger partial charge in [-0.1, -0.05) is 12.1 Å². The van der Waals surface area contributed by atoms with Gasteiger partial charge in [-0.15, -0.1) is 0 Å². The molecule has 0 saturated carbocycles. The first-order valence-corrected chi connectivity index (χ1v) is 10.7. The summed E-state index contributed by atoms with van der Waals surface area (Å²) < 4.78 is 0. The van der Waals surface area contributed by atoms with Crippen molar-refractivity contribution in [2.24, 2.45) is 11.5 Å². The number of amides is 3. The van der Waals surface area contributed by atoms with Crippen LogP contribution >= 0.6 is 0 Å². The quantitative estimate of drug-likeness (QED) is 0.658. The first-order valence-electron chi connectivity index (χ1n) is 10.7. The summed E-state index contributed by atoms with van der Waals surface area (Å²) in [6, 6.07) is 7.71. The van der Waals surface area contributed by atoms with Crippen LogP contribution in [0.3, 0.4) is 0 Å². The molecule has 3 aliphatic heterocycles. The molecule has 164 valence electrons. The number of fused-ring (bicyclic) bond motifs is 2. The highest BCUT2D eigenvalue weighted by molar-refractivity contribution is 5.92. The van der Waals surface area contributed by atoms with Gasteiger partial charge in [-0.05, 0) is 43.9 Å². The summed E-state index contributed by atoms with van der Waals surface area (Å²) >= 11 is 0. The van der Waals surface area contributed by atoms with E-state index in [4.69, 9.17) is 11.5 Å². The number of nitriles is 1. The third-order valence-electron chi connectivity index (χ3n) is 6.84. The molecule has 9 nitrogen and oxygen atoms in total. The largest absolute Gasteiger partial charge is 0.366 e. The van der Waals surface area contributed by atoms with Crippen LogP contribution in [0.4, 0.5) is 0 Å². The Morgan fingerprint density at radius 3 is 2.61 bits per heavy atom. The highest BCUT2D eigenvalue weighted by Gasteiger charge is 2.51. The van der Waals surface area contributed by atoms with Crippen LogP contribution in [0.1, 0.15) is 48.1 Å². The highest BCUT2D eigenvalue weighted by atomic mass is 16.2. The maximum atomic E-state index is 13.1. The number of hydrogen-bond donors (Lipinski definition) is 2. The summed E-state index contributed by atoms with van der Waals surface area (Å²) in [7, 11) is 0. The Morgan fingerprint density at radius 2 is 2.00 bits per heavy atom. The number of carbonyl (C=O) groups excluding carboxylic acids is 3. The number of primary amides is 1. The molecule has 1 aromatic carbocycles. The molecule has 3 fully saturated rings. The Hall–Kier alpha value is -2.96. The van der Waals surface area contributed by atoms with Gasteiger partial charge in [0.15, 0.2) is 0 Å². The number of benzene rings is 1. The van der Waals surface area contributed by atoms with Crippen molar-refractivity contribution in [3.63, 3.8) is 0 Å². The smallest absolute Gasteiger partial charge is 0.248 e. The zero-order valence-corrected chi connectivity index (χ0v) is 17.6. The van der Waals surface area contributed by atoms with E-state index in [1.165, 1.54) is 0 Å². The summed E-state index contributed by atoms with van der Waals surface area (Å²) in [5, 5.41) is 9.22. The zero-order valence-electron chi connectivity index (χ0n) is 17.6. The lowest BCUT2D eigenvalue weighted by atomic mass is 10.0. The van der Waals surface area contributed by atoms with E-state index in [0.29, 0.717) is 38.0 Å². The molecule has 0 unspecified atom stereocenters. The van der Waals surface area contributed by atoms with Gasteiger partial charge in [-0.3, -0.25) is 19.3 Å². The van der Waals surface area contributed by atoms with Crippen LogP contribution in [0.5, 0.6) is 0 Å². The molecule has 9 heteroatoms. The van der Waals surface area contributed by atoms with Crippen LogP contribution in [0.2, 0.25) is 0 Å². The van der Waals surface area contributed by atoms with Gasteiger partial charge >= 0.3 is 0 Å². The number of likely N-dealkylation sites (tertiary alicyclic amines) is 3. The number of hydrogen-bond acceptors (Lipinski definition) is 6. The van der Waals surface area contributed by atoms with Gasteiger partial charge in [0, 0.05) is 31.2 Å².